The van der Waals surface area contributed by atoms with Gasteiger partial charge in [0.1, 0.15) is 0 Å². The molecule has 0 bridgehead atoms. The van der Waals surface area contributed by atoms with Gasteiger partial charge in [0.15, 0.2) is 0 Å². The Bertz CT molecular complexity index is 438. The second-order valence-electron chi connectivity index (χ2n) is 4.65. The van der Waals surface area contributed by atoms with Crippen molar-refractivity contribution in [2.45, 2.75) is 18.9 Å². The first kappa shape index (κ1) is 11.4. The molecule has 1 aliphatic rings. The van der Waals surface area contributed by atoms with E-state index in [0.717, 1.165) is 24.5 Å². The second-order valence-corrected chi connectivity index (χ2v) is 4.65. The van der Waals surface area contributed by atoms with Crippen molar-refractivity contribution in [3.8, 4) is 0 Å². The van der Waals surface area contributed by atoms with Crippen LogP contribution in [0.15, 0.2) is 48.8 Å². The van der Waals surface area contributed by atoms with Crippen molar-refractivity contribution >= 4 is 0 Å². The van der Waals surface area contributed by atoms with E-state index in [0.29, 0.717) is 0 Å². The van der Waals surface area contributed by atoms with Crippen LogP contribution in [0.3, 0.4) is 0 Å². The molecule has 0 aromatic carbocycles. The molecule has 2 aromatic rings. The van der Waals surface area contributed by atoms with Crippen molar-refractivity contribution in [3.63, 3.8) is 0 Å². The predicted octanol–water partition coefficient (Wildman–Crippen LogP) is 2.66. The number of aromatic nitrogens is 2. The van der Waals surface area contributed by atoms with Crippen LogP contribution in [0.25, 0.3) is 0 Å². The summed E-state index contributed by atoms with van der Waals surface area (Å²) in [5.41, 5.74) is 2.19. The zero-order chi connectivity index (χ0) is 12.2. The molecule has 1 saturated heterocycles. The van der Waals surface area contributed by atoms with Gasteiger partial charge in [0, 0.05) is 12.4 Å². The third kappa shape index (κ3) is 2.27. The number of rotatable bonds is 3. The number of pyridine rings is 2. The first-order valence-electron chi connectivity index (χ1n) is 6.51. The summed E-state index contributed by atoms with van der Waals surface area (Å²) in [7, 11) is 0. The van der Waals surface area contributed by atoms with E-state index in [1.165, 1.54) is 12.8 Å². The van der Waals surface area contributed by atoms with Gasteiger partial charge in [-0.2, -0.15) is 0 Å². The molecule has 2 aromatic heterocycles. The molecule has 3 heterocycles. The lowest BCUT2D eigenvalue weighted by Crippen LogP contribution is -2.27. The lowest BCUT2D eigenvalue weighted by molar-refractivity contribution is 0.272. The molecule has 0 unspecified atom stereocenters. The minimum atomic E-state index is 0.204. The van der Waals surface area contributed by atoms with Crippen molar-refractivity contribution in [2.75, 3.05) is 13.1 Å². The van der Waals surface area contributed by atoms with Gasteiger partial charge in [-0.05, 0) is 50.2 Å². The van der Waals surface area contributed by atoms with Crippen LogP contribution in [-0.2, 0) is 0 Å². The quantitative estimate of drug-likeness (QED) is 0.824. The Balaban J connectivity index is 1.98. The van der Waals surface area contributed by atoms with Crippen LogP contribution >= 0.6 is 0 Å². The van der Waals surface area contributed by atoms with Gasteiger partial charge >= 0.3 is 0 Å². The number of likely N-dealkylation sites (tertiary alicyclic amines) is 1. The van der Waals surface area contributed by atoms with Crippen LogP contribution in [0.2, 0.25) is 0 Å². The summed E-state index contributed by atoms with van der Waals surface area (Å²) < 4.78 is 0. The Morgan fingerprint density at radius 2 is 1.39 bits per heavy atom. The zero-order valence-electron chi connectivity index (χ0n) is 10.4. The molecule has 0 atom stereocenters. The highest BCUT2D eigenvalue weighted by Gasteiger charge is 2.26. The Labute approximate surface area is 108 Å². The lowest BCUT2D eigenvalue weighted by atomic mass is 10.1. The van der Waals surface area contributed by atoms with Gasteiger partial charge in [-0.15, -0.1) is 0 Å². The monoisotopic (exact) mass is 239 g/mol. The van der Waals surface area contributed by atoms with E-state index in [4.69, 9.17) is 0 Å². The van der Waals surface area contributed by atoms with Gasteiger partial charge in [0.2, 0.25) is 0 Å². The van der Waals surface area contributed by atoms with Crippen molar-refractivity contribution < 1.29 is 0 Å². The van der Waals surface area contributed by atoms with Gasteiger partial charge < -0.3 is 0 Å². The fraction of sp³-hybridized carbons (Fsp3) is 0.333. The van der Waals surface area contributed by atoms with Gasteiger partial charge in [0.05, 0.1) is 17.4 Å². The van der Waals surface area contributed by atoms with Crippen LogP contribution in [0.5, 0.6) is 0 Å². The van der Waals surface area contributed by atoms with Gasteiger partial charge in [0.25, 0.3) is 0 Å². The first-order chi connectivity index (χ1) is 8.95. The molecule has 0 N–H and O–H groups in total. The van der Waals surface area contributed by atoms with Crippen LogP contribution in [0.4, 0.5) is 0 Å². The maximum absolute atomic E-state index is 4.52. The molecule has 3 nitrogen and oxygen atoms in total. The largest absolute Gasteiger partial charge is 0.290 e. The molecule has 0 spiro atoms. The van der Waals surface area contributed by atoms with E-state index in [9.17, 15) is 0 Å². The molecular weight excluding hydrogens is 222 g/mol. The molecule has 0 saturated carbocycles. The van der Waals surface area contributed by atoms with Crippen LogP contribution in [0.1, 0.15) is 30.3 Å². The van der Waals surface area contributed by atoms with Gasteiger partial charge in [-0.1, -0.05) is 12.1 Å². The SMILES string of the molecule is c1ccc(C(c2ccccn2)N2CCCC2)nc1. The summed E-state index contributed by atoms with van der Waals surface area (Å²) in [6.45, 7) is 2.27. The molecule has 92 valence electrons. The van der Waals surface area contributed by atoms with E-state index in [1.54, 1.807) is 0 Å². The third-order valence-electron chi connectivity index (χ3n) is 3.44. The normalized spacial score (nSPS) is 16.3. The maximum Gasteiger partial charge on any atom is 0.0949 e. The summed E-state index contributed by atoms with van der Waals surface area (Å²) >= 11 is 0. The molecule has 3 heteroatoms. The Morgan fingerprint density at radius 3 is 1.83 bits per heavy atom. The molecule has 1 aliphatic heterocycles. The summed E-state index contributed by atoms with van der Waals surface area (Å²) in [4.78, 5) is 11.5. The van der Waals surface area contributed by atoms with Crippen LogP contribution in [-0.4, -0.2) is 28.0 Å². The third-order valence-corrected chi connectivity index (χ3v) is 3.44. The van der Waals surface area contributed by atoms with Crippen LogP contribution < -0.4 is 0 Å². The highest BCUT2D eigenvalue weighted by atomic mass is 15.2. The molecule has 3 rings (SSSR count). The number of hydrogen-bond donors (Lipinski definition) is 0. The topological polar surface area (TPSA) is 29.0 Å². The maximum atomic E-state index is 4.52. The summed E-state index contributed by atoms with van der Waals surface area (Å²) in [6, 6.07) is 12.4. The average Bonchev–Trinajstić information content (AvgIpc) is 2.95. The standard InChI is InChI=1S/C15H17N3/c1-3-9-16-13(7-1)15(18-11-5-6-12-18)14-8-2-4-10-17-14/h1-4,7-10,15H,5-6,11-12H2. The summed E-state index contributed by atoms with van der Waals surface area (Å²) in [5, 5.41) is 0. The first-order valence-corrected chi connectivity index (χ1v) is 6.51. The summed E-state index contributed by atoms with van der Waals surface area (Å²) in [5.74, 6) is 0. The smallest absolute Gasteiger partial charge is 0.0949 e. The second kappa shape index (κ2) is 5.27. The molecule has 0 radical (unpaired) electrons. The van der Waals surface area contributed by atoms with Crippen molar-refractivity contribution in [1.82, 2.24) is 14.9 Å². The Kier molecular flexibility index (Phi) is 3.33. The molecule has 18 heavy (non-hydrogen) atoms. The van der Waals surface area contributed by atoms with Crippen LogP contribution in [0, 0.1) is 0 Å². The molecular formula is C15H17N3. The highest BCUT2D eigenvalue weighted by Crippen LogP contribution is 2.28. The van der Waals surface area contributed by atoms with Crippen molar-refractivity contribution in [1.29, 1.82) is 0 Å². The fourth-order valence-electron chi connectivity index (χ4n) is 2.60. The van der Waals surface area contributed by atoms with E-state index in [2.05, 4.69) is 27.0 Å². The molecule has 0 amide bonds. The Hall–Kier alpha value is -1.74. The van der Waals surface area contributed by atoms with E-state index >= 15 is 0 Å². The minimum Gasteiger partial charge on any atom is -0.290 e. The highest BCUT2D eigenvalue weighted by molar-refractivity contribution is 5.22. The van der Waals surface area contributed by atoms with Gasteiger partial charge in [-0.3, -0.25) is 14.9 Å². The number of nitrogens with zero attached hydrogens (tertiary/aromatic N) is 3. The van der Waals surface area contributed by atoms with Crippen molar-refractivity contribution in [3.05, 3.63) is 60.2 Å². The fourth-order valence-corrected chi connectivity index (χ4v) is 2.60. The Morgan fingerprint density at radius 1 is 0.833 bits per heavy atom. The van der Waals surface area contributed by atoms with E-state index in [1.807, 2.05) is 36.7 Å². The predicted molar refractivity (Wildman–Crippen MR) is 71.1 cm³/mol. The molecule has 1 fully saturated rings. The zero-order valence-corrected chi connectivity index (χ0v) is 10.4. The van der Waals surface area contributed by atoms with E-state index < -0.39 is 0 Å². The lowest BCUT2D eigenvalue weighted by Gasteiger charge is -2.26. The molecule has 0 aliphatic carbocycles. The van der Waals surface area contributed by atoms with E-state index in [-0.39, 0.29) is 6.04 Å². The minimum absolute atomic E-state index is 0.204. The number of hydrogen-bond acceptors (Lipinski definition) is 3. The van der Waals surface area contributed by atoms with Crippen molar-refractivity contribution in [2.24, 2.45) is 0 Å². The summed E-state index contributed by atoms with van der Waals surface area (Å²) in [6.07, 6.45) is 6.27. The van der Waals surface area contributed by atoms with Gasteiger partial charge in [-0.25, -0.2) is 0 Å². The average molecular weight is 239 g/mol.